The van der Waals surface area contributed by atoms with Crippen molar-refractivity contribution in [2.45, 2.75) is 57.8 Å². The number of hydrogen-bond acceptors (Lipinski definition) is 3. The summed E-state index contributed by atoms with van der Waals surface area (Å²) < 4.78 is 23.6. The molecule has 0 bridgehead atoms. The number of rotatable bonds is 5. The van der Waals surface area contributed by atoms with Gasteiger partial charge in [-0.1, -0.05) is 26.7 Å². The maximum absolute atomic E-state index is 11.8. The van der Waals surface area contributed by atoms with E-state index in [2.05, 4.69) is 13.8 Å². The number of aliphatic hydroxyl groups is 1. The first-order valence-electron chi connectivity index (χ1n) is 6.26. The zero-order valence-electron chi connectivity index (χ0n) is 10.5. The van der Waals surface area contributed by atoms with E-state index >= 15 is 0 Å². The molecule has 0 amide bonds. The monoisotopic (exact) mass is 248 g/mol. The summed E-state index contributed by atoms with van der Waals surface area (Å²) in [5.41, 5.74) is 0. The van der Waals surface area contributed by atoms with Crippen LogP contribution in [-0.2, 0) is 9.84 Å². The molecule has 4 atom stereocenters. The SMILES string of the molecule is CCCC(C)CC1CC(C(C)O)S(=O)(=O)C1. The smallest absolute Gasteiger partial charge is 0.155 e. The molecule has 0 radical (unpaired) electrons. The van der Waals surface area contributed by atoms with E-state index in [1.807, 2.05) is 0 Å². The van der Waals surface area contributed by atoms with E-state index in [-0.39, 0.29) is 11.7 Å². The Morgan fingerprint density at radius 1 is 1.38 bits per heavy atom. The lowest BCUT2D eigenvalue weighted by Gasteiger charge is -2.15. The molecule has 1 rings (SSSR count). The minimum atomic E-state index is -3.05. The largest absolute Gasteiger partial charge is 0.392 e. The van der Waals surface area contributed by atoms with E-state index in [0.29, 0.717) is 12.3 Å². The van der Waals surface area contributed by atoms with E-state index in [4.69, 9.17) is 0 Å². The molecular weight excluding hydrogens is 224 g/mol. The first-order chi connectivity index (χ1) is 7.36. The van der Waals surface area contributed by atoms with Crippen LogP contribution < -0.4 is 0 Å². The molecule has 1 fully saturated rings. The van der Waals surface area contributed by atoms with Gasteiger partial charge in [0.2, 0.25) is 0 Å². The van der Waals surface area contributed by atoms with Gasteiger partial charge in [-0.2, -0.15) is 0 Å². The van der Waals surface area contributed by atoms with Crippen LogP contribution in [0.2, 0.25) is 0 Å². The maximum Gasteiger partial charge on any atom is 0.155 e. The number of hydrogen-bond donors (Lipinski definition) is 1. The van der Waals surface area contributed by atoms with Crippen molar-refractivity contribution in [2.24, 2.45) is 11.8 Å². The van der Waals surface area contributed by atoms with E-state index < -0.39 is 21.2 Å². The predicted molar refractivity (Wildman–Crippen MR) is 66.1 cm³/mol. The molecule has 0 spiro atoms. The van der Waals surface area contributed by atoms with Crippen molar-refractivity contribution in [3.63, 3.8) is 0 Å². The summed E-state index contributed by atoms with van der Waals surface area (Å²) in [6, 6.07) is 0. The molecule has 1 saturated heterocycles. The molecule has 1 N–H and O–H groups in total. The number of aliphatic hydroxyl groups excluding tert-OH is 1. The van der Waals surface area contributed by atoms with Gasteiger partial charge in [0.15, 0.2) is 9.84 Å². The lowest BCUT2D eigenvalue weighted by Crippen LogP contribution is -2.27. The third kappa shape index (κ3) is 3.45. The second-order valence-electron chi connectivity index (χ2n) is 5.34. The van der Waals surface area contributed by atoms with Gasteiger partial charge in [-0.15, -0.1) is 0 Å². The quantitative estimate of drug-likeness (QED) is 0.809. The molecule has 16 heavy (non-hydrogen) atoms. The van der Waals surface area contributed by atoms with Crippen LogP contribution in [0.5, 0.6) is 0 Å². The van der Waals surface area contributed by atoms with Crippen molar-refractivity contribution in [3.05, 3.63) is 0 Å². The average Bonchev–Trinajstić information content (AvgIpc) is 2.40. The topological polar surface area (TPSA) is 54.4 Å². The second-order valence-corrected chi connectivity index (χ2v) is 7.60. The van der Waals surface area contributed by atoms with Gasteiger partial charge in [0.05, 0.1) is 17.1 Å². The Balaban J connectivity index is 2.56. The molecule has 0 aromatic carbocycles. The lowest BCUT2D eigenvalue weighted by atomic mass is 9.90. The molecule has 0 aromatic heterocycles. The first kappa shape index (κ1) is 14.0. The summed E-state index contributed by atoms with van der Waals surface area (Å²) in [6.07, 6.45) is 3.22. The van der Waals surface area contributed by atoms with Crippen LogP contribution >= 0.6 is 0 Å². The minimum absolute atomic E-state index is 0.256. The van der Waals surface area contributed by atoms with Crippen molar-refractivity contribution in [1.82, 2.24) is 0 Å². The van der Waals surface area contributed by atoms with E-state index in [1.165, 1.54) is 0 Å². The molecule has 4 unspecified atom stereocenters. The highest BCUT2D eigenvalue weighted by atomic mass is 32.2. The molecule has 0 saturated carbocycles. The highest BCUT2D eigenvalue weighted by molar-refractivity contribution is 7.92. The second kappa shape index (κ2) is 5.50. The van der Waals surface area contributed by atoms with Crippen LogP contribution in [0.1, 0.15) is 46.5 Å². The van der Waals surface area contributed by atoms with Gasteiger partial charge in [-0.05, 0) is 31.6 Å². The molecule has 3 nitrogen and oxygen atoms in total. The van der Waals surface area contributed by atoms with Crippen LogP contribution in [0, 0.1) is 11.8 Å². The van der Waals surface area contributed by atoms with Crippen molar-refractivity contribution in [3.8, 4) is 0 Å². The Labute approximate surface area is 99.2 Å². The Morgan fingerprint density at radius 2 is 2.00 bits per heavy atom. The van der Waals surface area contributed by atoms with E-state index in [0.717, 1.165) is 19.3 Å². The molecule has 1 heterocycles. The molecule has 1 aliphatic heterocycles. The Hall–Kier alpha value is -0.0900. The van der Waals surface area contributed by atoms with E-state index in [1.54, 1.807) is 6.92 Å². The standard InChI is InChI=1S/C12H24O3S/c1-4-5-9(2)6-11-7-12(10(3)13)16(14,15)8-11/h9-13H,4-8H2,1-3H3. The molecule has 1 aliphatic rings. The molecule has 0 aliphatic carbocycles. The Kier molecular flexibility index (Phi) is 4.80. The predicted octanol–water partition coefficient (Wildman–Crippen LogP) is 2.00. The normalized spacial score (nSPS) is 32.5. The maximum atomic E-state index is 11.8. The number of sulfone groups is 1. The zero-order chi connectivity index (χ0) is 12.3. The lowest BCUT2D eigenvalue weighted by molar-refractivity contribution is 0.181. The van der Waals surface area contributed by atoms with Crippen LogP contribution in [0.25, 0.3) is 0 Å². The van der Waals surface area contributed by atoms with Gasteiger partial charge in [-0.25, -0.2) is 8.42 Å². The summed E-state index contributed by atoms with van der Waals surface area (Å²) in [5.74, 6) is 1.13. The minimum Gasteiger partial charge on any atom is -0.392 e. The molecule has 96 valence electrons. The van der Waals surface area contributed by atoms with E-state index in [9.17, 15) is 13.5 Å². The highest BCUT2D eigenvalue weighted by Gasteiger charge is 2.40. The van der Waals surface area contributed by atoms with Crippen molar-refractivity contribution < 1.29 is 13.5 Å². The van der Waals surface area contributed by atoms with Crippen LogP contribution in [0.4, 0.5) is 0 Å². The summed E-state index contributed by atoms with van der Waals surface area (Å²) in [5, 5.41) is 8.94. The Morgan fingerprint density at radius 3 is 2.44 bits per heavy atom. The summed E-state index contributed by atoms with van der Waals surface area (Å²) in [6.45, 7) is 5.92. The Bertz CT molecular complexity index is 308. The molecule has 4 heteroatoms. The molecule has 0 aromatic rings. The summed E-state index contributed by atoms with van der Waals surface area (Å²) in [7, 11) is -3.05. The van der Waals surface area contributed by atoms with Gasteiger partial charge >= 0.3 is 0 Å². The fraction of sp³-hybridized carbons (Fsp3) is 1.00. The fourth-order valence-corrected chi connectivity index (χ4v) is 5.18. The molecular formula is C12H24O3S. The van der Waals surface area contributed by atoms with Gasteiger partial charge in [0.1, 0.15) is 0 Å². The third-order valence-electron chi connectivity index (χ3n) is 3.55. The zero-order valence-corrected chi connectivity index (χ0v) is 11.3. The van der Waals surface area contributed by atoms with Gasteiger partial charge in [0.25, 0.3) is 0 Å². The van der Waals surface area contributed by atoms with Crippen molar-refractivity contribution in [2.75, 3.05) is 5.75 Å². The van der Waals surface area contributed by atoms with Crippen LogP contribution in [0.3, 0.4) is 0 Å². The fourth-order valence-electron chi connectivity index (χ4n) is 2.84. The van der Waals surface area contributed by atoms with Crippen LogP contribution in [0.15, 0.2) is 0 Å². The van der Waals surface area contributed by atoms with Crippen molar-refractivity contribution in [1.29, 1.82) is 0 Å². The average molecular weight is 248 g/mol. The van der Waals surface area contributed by atoms with Crippen molar-refractivity contribution >= 4 is 9.84 Å². The van der Waals surface area contributed by atoms with Gasteiger partial charge < -0.3 is 5.11 Å². The van der Waals surface area contributed by atoms with Gasteiger partial charge in [-0.3, -0.25) is 0 Å². The summed E-state index contributed by atoms with van der Waals surface area (Å²) in [4.78, 5) is 0. The van der Waals surface area contributed by atoms with Crippen LogP contribution in [-0.4, -0.2) is 30.6 Å². The highest BCUT2D eigenvalue weighted by Crippen LogP contribution is 2.33. The first-order valence-corrected chi connectivity index (χ1v) is 7.98. The third-order valence-corrected chi connectivity index (χ3v) is 6.00. The van der Waals surface area contributed by atoms with Gasteiger partial charge in [0, 0.05) is 0 Å². The summed E-state index contributed by atoms with van der Waals surface area (Å²) >= 11 is 0.